The summed E-state index contributed by atoms with van der Waals surface area (Å²) in [5, 5.41) is 20.7. The van der Waals surface area contributed by atoms with Crippen molar-refractivity contribution < 1.29 is 14.3 Å². The monoisotopic (exact) mass is 410 g/mol. The van der Waals surface area contributed by atoms with Crippen LogP contribution in [-0.2, 0) is 12.0 Å². The van der Waals surface area contributed by atoms with Crippen LogP contribution in [0.5, 0.6) is 0 Å². The average molecular weight is 410 g/mol. The zero-order valence-electron chi connectivity index (χ0n) is 16.8. The number of carbonyl (C=O) groups excluding carboxylic acids is 1. The van der Waals surface area contributed by atoms with Crippen molar-refractivity contribution in [3.05, 3.63) is 70.7 Å². The van der Waals surface area contributed by atoms with Crippen LogP contribution in [0.25, 0.3) is 0 Å². The van der Waals surface area contributed by atoms with Gasteiger partial charge in [0, 0.05) is 24.0 Å². The van der Waals surface area contributed by atoms with Crippen LogP contribution in [0, 0.1) is 19.7 Å². The fourth-order valence-corrected chi connectivity index (χ4v) is 3.47. The van der Waals surface area contributed by atoms with Gasteiger partial charge in [0.15, 0.2) is 0 Å². The number of likely N-dealkylation sites (tertiary alicyclic amines) is 1. The third kappa shape index (κ3) is 3.88. The maximum absolute atomic E-state index is 13.5. The van der Waals surface area contributed by atoms with Gasteiger partial charge in [-0.2, -0.15) is 5.10 Å². The van der Waals surface area contributed by atoms with Gasteiger partial charge in [-0.1, -0.05) is 12.1 Å². The molecular weight excluding hydrogens is 387 g/mol. The van der Waals surface area contributed by atoms with Crippen molar-refractivity contribution in [1.29, 1.82) is 0 Å². The molecular formula is C21H23FN6O2. The van der Waals surface area contributed by atoms with Crippen LogP contribution in [0.1, 0.15) is 33.0 Å². The van der Waals surface area contributed by atoms with Crippen molar-refractivity contribution in [2.75, 3.05) is 25.0 Å². The zero-order chi connectivity index (χ0) is 21.3. The third-order valence-electron chi connectivity index (χ3n) is 5.40. The highest BCUT2D eigenvalue weighted by atomic mass is 19.1. The Morgan fingerprint density at radius 3 is 2.83 bits per heavy atom. The lowest BCUT2D eigenvalue weighted by Gasteiger charge is -2.46. The van der Waals surface area contributed by atoms with E-state index in [1.54, 1.807) is 18.3 Å². The molecule has 0 unspecified atom stereocenters. The Balaban J connectivity index is 1.44. The van der Waals surface area contributed by atoms with E-state index in [9.17, 15) is 14.3 Å². The molecule has 1 amide bonds. The zero-order valence-corrected chi connectivity index (χ0v) is 16.8. The summed E-state index contributed by atoms with van der Waals surface area (Å²) in [5.74, 6) is -0.105. The van der Waals surface area contributed by atoms with E-state index in [2.05, 4.69) is 25.5 Å². The molecule has 156 valence electrons. The van der Waals surface area contributed by atoms with Crippen molar-refractivity contribution in [3.8, 4) is 0 Å². The minimum Gasteiger partial charge on any atom is -0.381 e. The smallest absolute Gasteiger partial charge is 0.291 e. The number of hydrogen-bond donors (Lipinski definition) is 3. The molecule has 0 aliphatic carbocycles. The minimum atomic E-state index is -1.26. The summed E-state index contributed by atoms with van der Waals surface area (Å²) in [4.78, 5) is 23.1. The molecule has 1 aliphatic heterocycles. The maximum Gasteiger partial charge on any atom is 0.291 e. The second kappa shape index (κ2) is 7.83. The van der Waals surface area contributed by atoms with Gasteiger partial charge in [0.05, 0.1) is 19.3 Å². The van der Waals surface area contributed by atoms with E-state index in [1.165, 1.54) is 17.0 Å². The van der Waals surface area contributed by atoms with Crippen molar-refractivity contribution in [2.24, 2.45) is 0 Å². The lowest BCUT2D eigenvalue weighted by molar-refractivity contribution is -0.0868. The number of nitrogens with zero attached hydrogens (tertiary/aromatic N) is 4. The second-order valence-corrected chi connectivity index (χ2v) is 7.59. The van der Waals surface area contributed by atoms with E-state index in [1.807, 2.05) is 20.0 Å². The van der Waals surface area contributed by atoms with Gasteiger partial charge in [0.25, 0.3) is 5.91 Å². The molecule has 9 heteroatoms. The second-order valence-electron chi connectivity index (χ2n) is 7.59. The predicted molar refractivity (Wildman–Crippen MR) is 108 cm³/mol. The van der Waals surface area contributed by atoms with Crippen LogP contribution in [0.15, 0.2) is 36.7 Å². The van der Waals surface area contributed by atoms with E-state index < -0.39 is 11.4 Å². The van der Waals surface area contributed by atoms with Gasteiger partial charge in [-0.25, -0.2) is 14.4 Å². The number of rotatable bonds is 6. The first-order valence-corrected chi connectivity index (χ1v) is 9.70. The Bertz CT molecular complexity index is 1060. The molecule has 0 bridgehead atoms. The molecule has 3 aromatic rings. The minimum absolute atomic E-state index is 0.0643. The number of nitrogens with one attached hydrogen (secondary N) is 2. The van der Waals surface area contributed by atoms with Crippen LogP contribution < -0.4 is 5.32 Å². The molecule has 3 heterocycles. The van der Waals surface area contributed by atoms with Crippen LogP contribution >= 0.6 is 0 Å². The third-order valence-corrected chi connectivity index (χ3v) is 5.40. The van der Waals surface area contributed by atoms with E-state index >= 15 is 0 Å². The van der Waals surface area contributed by atoms with Gasteiger partial charge >= 0.3 is 0 Å². The summed E-state index contributed by atoms with van der Waals surface area (Å²) in [6.07, 6.45) is 4.35. The summed E-state index contributed by atoms with van der Waals surface area (Å²) in [7, 11) is 0. The Kier molecular flexibility index (Phi) is 5.21. The SMILES string of the molecule is Cc1nc(C(=O)N2CC(O)(c3cccc(F)c3)C2)nc(NCCc2cn[nH]c2)c1C. The predicted octanol–water partition coefficient (Wildman–Crippen LogP) is 1.95. The molecule has 30 heavy (non-hydrogen) atoms. The number of aromatic nitrogens is 4. The number of H-pyrrole nitrogens is 1. The molecule has 1 saturated heterocycles. The van der Waals surface area contributed by atoms with Crippen molar-refractivity contribution >= 4 is 11.7 Å². The number of halogens is 1. The van der Waals surface area contributed by atoms with Crippen LogP contribution in [-0.4, -0.2) is 55.7 Å². The lowest BCUT2D eigenvalue weighted by atomic mass is 9.86. The van der Waals surface area contributed by atoms with Gasteiger partial charge in [-0.15, -0.1) is 0 Å². The highest BCUT2D eigenvalue weighted by Gasteiger charge is 2.46. The molecule has 8 nitrogen and oxygen atoms in total. The lowest BCUT2D eigenvalue weighted by Crippen LogP contribution is -2.61. The highest BCUT2D eigenvalue weighted by molar-refractivity contribution is 5.92. The number of β-amino-alcohol motifs (C(OH)–C–C–N with tert-alkyl or cyclic N) is 1. The van der Waals surface area contributed by atoms with Gasteiger partial charge in [0.1, 0.15) is 17.2 Å². The molecule has 1 fully saturated rings. The molecule has 0 saturated carbocycles. The first-order valence-electron chi connectivity index (χ1n) is 9.70. The van der Waals surface area contributed by atoms with Crippen molar-refractivity contribution in [3.63, 3.8) is 0 Å². The number of carbonyl (C=O) groups is 1. The number of aryl methyl sites for hydroxylation is 1. The number of amides is 1. The van der Waals surface area contributed by atoms with Gasteiger partial charge in [-0.3, -0.25) is 9.89 Å². The number of hydrogen-bond acceptors (Lipinski definition) is 6. The first-order chi connectivity index (χ1) is 14.4. The van der Waals surface area contributed by atoms with E-state index in [0.717, 1.165) is 17.5 Å². The molecule has 0 atom stereocenters. The fraction of sp³-hybridized carbons (Fsp3) is 0.333. The molecule has 0 spiro atoms. The first kappa shape index (κ1) is 20.0. The molecule has 4 rings (SSSR count). The summed E-state index contributed by atoms with van der Waals surface area (Å²) in [5.41, 5.74) is 1.84. The van der Waals surface area contributed by atoms with E-state index in [4.69, 9.17) is 0 Å². The number of aromatic amines is 1. The van der Waals surface area contributed by atoms with Crippen molar-refractivity contribution in [1.82, 2.24) is 25.1 Å². The van der Waals surface area contributed by atoms with Crippen LogP contribution in [0.4, 0.5) is 10.2 Å². The largest absolute Gasteiger partial charge is 0.381 e. The number of aliphatic hydroxyl groups is 1. The standard InChI is InChI=1S/C21H23FN6O2/c1-13-14(2)26-19(27-18(13)23-7-6-15-9-24-25-10-15)20(29)28-11-21(30,12-28)16-4-3-5-17(22)8-16/h3-5,8-10,30H,6-7,11-12H2,1-2H3,(H,24,25)(H,23,26,27). The van der Waals surface area contributed by atoms with Crippen LogP contribution in [0.2, 0.25) is 0 Å². The summed E-state index contributed by atoms with van der Waals surface area (Å²) in [6, 6.07) is 5.80. The maximum atomic E-state index is 13.5. The van der Waals surface area contributed by atoms with Gasteiger partial charge < -0.3 is 15.3 Å². The summed E-state index contributed by atoms with van der Waals surface area (Å²) < 4.78 is 13.5. The number of anilines is 1. The van der Waals surface area contributed by atoms with Crippen molar-refractivity contribution in [2.45, 2.75) is 25.9 Å². The summed E-state index contributed by atoms with van der Waals surface area (Å²) in [6.45, 7) is 4.49. The Morgan fingerprint density at radius 2 is 2.13 bits per heavy atom. The molecule has 2 aromatic heterocycles. The normalized spacial score (nSPS) is 15.0. The Morgan fingerprint density at radius 1 is 1.33 bits per heavy atom. The summed E-state index contributed by atoms with van der Waals surface area (Å²) >= 11 is 0. The van der Waals surface area contributed by atoms with E-state index in [-0.39, 0.29) is 24.8 Å². The van der Waals surface area contributed by atoms with E-state index in [0.29, 0.717) is 23.6 Å². The molecule has 0 radical (unpaired) electrons. The van der Waals surface area contributed by atoms with Gasteiger partial charge in [-0.05, 0) is 43.5 Å². The quantitative estimate of drug-likeness (QED) is 0.574. The van der Waals surface area contributed by atoms with Gasteiger partial charge in [0.2, 0.25) is 5.82 Å². The average Bonchev–Trinajstić information content (AvgIpc) is 3.21. The Labute approximate surface area is 173 Å². The highest BCUT2D eigenvalue weighted by Crippen LogP contribution is 2.33. The Hall–Kier alpha value is -3.33. The van der Waals surface area contributed by atoms with Crippen LogP contribution in [0.3, 0.4) is 0 Å². The number of benzene rings is 1. The fourth-order valence-electron chi connectivity index (χ4n) is 3.47. The topological polar surface area (TPSA) is 107 Å². The molecule has 1 aromatic carbocycles. The molecule has 1 aliphatic rings. The molecule has 3 N–H and O–H groups in total.